The molecular formula is C19H18F3NO3. The number of alkyl halides is 3. The Morgan fingerprint density at radius 2 is 1.50 bits per heavy atom. The fourth-order valence-corrected chi connectivity index (χ4v) is 2.03. The molecule has 0 saturated carbocycles. The Hall–Kier alpha value is -2.83. The zero-order chi connectivity index (χ0) is 19.3. The van der Waals surface area contributed by atoms with Crippen molar-refractivity contribution < 1.29 is 27.5 Å². The molecular weight excluding hydrogens is 347 g/mol. The van der Waals surface area contributed by atoms with Crippen molar-refractivity contribution >= 4 is 17.6 Å². The number of esters is 1. The summed E-state index contributed by atoms with van der Waals surface area (Å²) in [5.41, 5.74) is 0.0326. The highest BCUT2D eigenvalue weighted by Gasteiger charge is 2.30. The van der Waals surface area contributed by atoms with Crippen molar-refractivity contribution in [3.8, 4) is 0 Å². The van der Waals surface area contributed by atoms with E-state index >= 15 is 0 Å². The Labute approximate surface area is 149 Å². The first-order valence-corrected chi connectivity index (χ1v) is 7.92. The molecule has 7 heteroatoms. The molecule has 0 aromatic heterocycles. The summed E-state index contributed by atoms with van der Waals surface area (Å²) in [6.07, 6.45) is -4.45. The highest BCUT2D eigenvalue weighted by molar-refractivity contribution is 6.04. The number of nitrogens with one attached hydrogen (secondary N) is 1. The molecule has 2 aromatic carbocycles. The summed E-state index contributed by atoms with van der Waals surface area (Å²) in [5.74, 6) is -0.783. The summed E-state index contributed by atoms with van der Waals surface area (Å²) in [7, 11) is 0. The first-order valence-electron chi connectivity index (χ1n) is 7.92. The van der Waals surface area contributed by atoms with Gasteiger partial charge < -0.3 is 10.1 Å². The highest BCUT2D eigenvalue weighted by atomic mass is 19.4. The van der Waals surface area contributed by atoms with E-state index in [0.29, 0.717) is 17.9 Å². The van der Waals surface area contributed by atoms with Crippen LogP contribution in [0.1, 0.15) is 40.1 Å². The largest absolute Gasteiger partial charge is 0.462 e. The fourth-order valence-electron chi connectivity index (χ4n) is 2.03. The van der Waals surface area contributed by atoms with Crippen LogP contribution < -0.4 is 5.32 Å². The number of ether oxygens (including phenoxy) is 1. The van der Waals surface area contributed by atoms with Gasteiger partial charge in [-0.1, -0.05) is 13.8 Å². The number of anilines is 1. The van der Waals surface area contributed by atoms with E-state index in [1.807, 2.05) is 13.8 Å². The summed E-state index contributed by atoms with van der Waals surface area (Å²) in [4.78, 5) is 23.9. The molecule has 26 heavy (non-hydrogen) atoms. The summed E-state index contributed by atoms with van der Waals surface area (Å²) in [6.45, 7) is 4.16. The van der Waals surface area contributed by atoms with Crippen LogP contribution in [-0.4, -0.2) is 18.5 Å². The Bertz CT molecular complexity index is 766. The van der Waals surface area contributed by atoms with Gasteiger partial charge in [-0.3, -0.25) is 4.79 Å². The summed E-state index contributed by atoms with van der Waals surface area (Å²) >= 11 is 0. The molecule has 1 amide bonds. The lowest BCUT2D eigenvalue weighted by atomic mass is 10.1. The average Bonchev–Trinajstić information content (AvgIpc) is 2.59. The molecule has 0 fully saturated rings. The van der Waals surface area contributed by atoms with Gasteiger partial charge in [0.15, 0.2) is 0 Å². The van der Waals surface area contributed by atoms with Gasteiger partial charge in [-0.15, -0.1) is 0 Å². The van der Waals surface area contributed by atoms with E-state index in [-0.39, 0.29) is 11.5 Å². The Morgan fingerprint density at radius 3 is 2.00 bits per heavy atom. The van der Waals surface area contributed by atoms with Crippen molar-refractivity contribution in [1.82, 2.24) is 0 Å². The van der Waals surface area contributed by atoms with Crippen molar-refractivity contribution in [2.24, 2.45) is 5.92 Å². The zero-order valence-electron chi connectivity index (χ0n) is 14.3. The molecule has 0 heterocycles. The lowest BCUT2D eigenvalue weighted by Gasteiger charge is -2.09. The van der Waals surface area contributed by atoms with E-state index < -0.39 is 23.6 Å². The van der Waals surface area contributed by atoms with Gasteiger partial charge in [-0.05, 0) is 54.4 Å². The molecule has 1 N–H and O–H groups in total. The normalized spacial score (nSPS) is 11.3. The third-order valence-corrected chi connectivity index (χ3v) is 3.40. The number of carbonyl (C=O) groups is 2. The summed E-state index contributed by atoms with van der Waals surface area (Å²) < 4.78 is 42.7. The van der Waals surface area contributed by atoms with Crippen LogP contribution in [0.4, 0.5) is 18.9 Å². The van der Waals surface area contributed by atoms with Crippen molar-refractivity contribution in [2.75, 3.05) is 11.9 Å². The molecule has 0 aliphatic rings. The predicted molar refractivity (Wildman–Crippen MR) is 91.0 cm³/mol. The van der Waals surface area contributed by atoms with Crippen molar-refractivity contribution in [3.05, 3.63) is 65.2 Å². The molecule has 0 spiro atoms. The minimum atomic E-state index is -4.45. The van der Waals surface area contributed by atoms with E-state index in [2.05, 4.69) is 5.32 Å². The minimum Gasteiger partial charge on any atom is -0.462 e. The first kappa shape index (κ1) is 19.5. The standard InChI is InChI=1S/C19H18F3NO3/c1-12(2)11-26-18(25)14-5-9-16(10-6-14)23-17(24)13-3-7-15(8-4-13)19(20,21)22/h3-10,12H,11H2,1-2H3,(H,23,24). The maximum Gasteiger partial charge on any atom is 0.416 e. The molecule has 0 aliphatic carbocycles. The topological polar surface area (TPSA) is 55.4 Å². The van der Waals surface area contributed by atoms with Crippen LogP contribution in [0.15, 0.2) is 48.5 Å². The van der Waals surface area contributed by atoms with E-state index in [1.54, 1.807) is 0 Å². The summed E-state index contributed by atoms with van der Waals surface area (Å²) in [5, 5.41) is 2.56. The van der Waals surface area contributed by atoms with Crippen LogP contribution in [0.5, 0.6) is 0 Å². The smallest absolute Gasteiger partial charge is 0.416 e. The van der Waals surface area contributed by atoms with Crippen molar-refractivity contribution in [1.29, 1.82) is 0 Å². The van der Waals surface area contributed by atoms with Gasteiger partial charge >= 0.3 is 12.1 Å². The van der Waals surface area contributed by atoms with Crippen LogP contribution in [0, 0.1) is 5.92 Å². The van der Waals surface area contributed by atoms with E-state index in [0.717, 1.165) is 24.3 Å². The van der Waals surface area contributed by atoms with Gasteiger partial charge in [0.1, 0.15) is 0 Å². The third-order valence-electron chi connectivity index (χ3n) is 3.40. The number of hydrogen-bond donors (Lipinski definition) is 1. The molecule has 2 rings (SSSR count). The third kappa shape index (κ3) is 5.34. The molecule has 2 aromatic rings. The maximum absolute atomic E-state index is 12.5. The van der Waals surface area contributed by atoms with Crippen molar-refractivity contribution in [2.45, 2.75) is 20.0 Å². The van der Waals surface area contributed by atoms with Gasteiger partial charge in [-0.2, -0.15) is 13.2 Å². The van der Waals surface area contributed by atoms with Crippen LogP contribution >= 0.6 is 0 Å². The number of rotatable bonds is 5. The highest BCUT2D eigenvalue weighted by Crippen LogP contribution is 2.29. The monoisotopic (exact) mass is 365 g/mol. The molecule has 0 radical (unpaired) electrons. The molecule has 4 nitrogen and oxygen atoms in total. The maximum atomic E-state index is 12.5. The lowest BCUT2D eigenvalue weighted by Crippen LogP contribution is -2.13. The predicted octanol–water partition coefficient (Wildman–Crippen LogP) is 4.77. The molecule has 0 aliphatic heterocycles. The molecule has 0 saturated heterocycles. The number of benzene rings is 2. The summed E-state index contributed by atoms with van der Waals surface area (Å²) in [6, 6.07) is 9.97. The van der Waals surface area contributed by atoms with Gasteiger partial charge in [0.25, 0.3) is 5.91 Å². The second-order valence-electron chi connectivity index (χ2n) is 6.10. The SMILES string of the molecule is CC(C)COC(=O)c1ccc(NC(=O)c2ccc(C(F)(F)F)cc2)cc1. The second kappa shape index (κ2) is 8.03. The molecule has 138 valence electrons. The first-order chi connectivity index (χ1) is 12.2. The Morgan fingerprint density at radius 1 is 0.962 bits per heavy atom. The van der Waals surface area contributed by atoms with Crippen molar-refractivity contribution in [3.63, 3.8) is 0 Å². The number of amides is 1. The zero-order valence-corrected chi connectivity index (χ0v) is 14.3. The fraction of sp³-hybridized carbons (Fsp3) is 0.263. The average molecular weight is 365 g/mol. The number of halogens is 3. The molecule has 0 unspecified atom stereocenters. The van der Waals surface area contributed by atoms with E-state index in [9.17, 15) is 22.8 Å². The minimum absolute atomic E-state index is 0.0958. The van der Waals surface area contributed by atoms with Gasteiger partial charge in [0.05, 0.1) is 17.7 Å². The molecule has 0 atom stereocenters. The van der Waals surface area contributed by atoms with Gasteiger partial charge in [-0.25, -0.2) is 4.79 Å². The van der Waals surface area contributed by atoms with E-state index in [4.69, 9.17) is 4.74 Å². The van der Waals surface area contributed by atoms with Crippen LogP contribution in [0.25, 0.3) is 0 Å². The molecule has 0 bridgehead atoms. The van der Waals surface area contributed by atoms with Crippen LogP contribution in [0.2, 0.25) is 0 Å². The van der Waals surface area contributed by atoms with Gasteiger partial charge in [0, 0.05) is 11.3 Å². The lowest BCUT2D eigenvalue weighted by molar-refractivity contribution is -0.137. The Kier molecular flexibility index (Phi) is 6.02. The van der Waals surface area contributed by atoms with Crippen LogP contribution in [-0.2, 0) is 10.9 Å². The Balaban J connectivity index is 2.00. The van der Waals surface area contributed by atoms with Gasteiger partial charge in [0.2, 0.25) is 0 Å². The number of carbonyl (C=O) groups excluding carboxylic acids is 2. The number of hydrogen-bond acceptors (Lipinski definition) is 3. The van der Waals surface area contributed by atoms with Crippen LogP contribution in [0.3, 0.4) is 0 Å². The second-order valence-corrected chi connectivity index (χ2v) is 6.10. The quantitative estimate of drug-likeness (QED) is 0.777. The van der Waals surface area contributed by atoms with E-state index in [1.165, 1.54) is 24.3 Å².